The van der Waals surface area contributed by atoms with Crippen LogP contribution in [-0.2, 0) is 25.5 Å². The number of hydrogen-bond donors (Lipinski definition) is 3. The zero-order valence-electron chi connectivity index (χ0n) is 24.3. The van der Waals surface area contributed by atoms with Crippen LogP contribution >= 0.6 is 0 Å². The average molecular weight is 533 g/mol. The number of unbranched alkanes of at least 4 members (excludes halogenated alkanes) is 4. The van der Waals surface area contributed by atoms with E-state index in [1.54, 1.807) is 20.8 Å². The molecule has 4 N–H and O–H groups in total. The Morgan fingerprint density at radius 1 is 0.947 bits per heavy atom. The van der Waals surface area contributed by atoms with Crippen LogP contribution in [0, 0.1) is 0 Å². The minimum absolute atomic E-state index is 0.150. The molecule has 0 saturated carbocycles. The van der Waals surface area contributed by atoms with Crippen molar-refractivity contribution >= 4 is 23.8 Å². The second-order valence-corrected chi connectivity index (χ2v) is 11.0. The number of nitrogens with two attached hydrogens (primary N) is 1. The summed E-state index contributed by atoms with van der Waals surface area (Å²) in [5.41, 5.74) is 6.41. The van der Waals surface area contributed by atoms with E-state index in [0.717, 1.165) is 37.7 Å². The largest absolute Gasteiger partial charge is 0.444 e. The maximum absolute atomic E-state index is 14.0. The highest BCUT2D eigenvalue weighted by Crippen LogP contribution is 2.25. The molecule has 38 heavy (non-hydrogen) atoms. The highest BCUT2D eigenvalue weighted by atomic mass is 16.6. The molecule has 1 aromatic carbocycles. The second kappa shape index (κ2) is 16.0. The summed E-state index contributed by atoms with van der Waals surface area (Å²) in [6.07, 6.45) is 4.29. The van der Waals surface area contributed by atoms with Crippen molar-refractivity contribution < 1.29 is 23.9 Å². The van der Waals surface area contributed by atoms with Crippen molar-refractivity contribution in [1.29, 1.82) is 0 Å². The molecule has 9 heteroatoms. The maximum Gasteiger partial charge on any atom is 0.408 e. The molecule has 0 fully saturated rings. The number of nitrogens with zero attached hydrogens (tertiary/aromatic N) is 1. The van der Waals surface area contributed by atoms with Crippen LogP contribution in [0.1, 0.15) is 104 Å². The molecule has 0 bridgehead atoms. The minimum atomic E-state index is -1.28. The lowest BCUT2D eigenvalue weighted by Crippen LogP contribution is -2.54. The molecule has 4 amide bonds. The van der Waals surface area contributed by atoms with Crippen molar-refractivity contribution in [3.05, 3.63) is 35.4 Å². The molecule has 9 nitrogen and oxygen atoms in total. The molecule has 1 aromatic rings. The van der Waals surface area contributed by atoms with E-state index >= 15 is 0 Å². The standard InChI is InChI=1S/C29H48N4O5/c1-8-10-11-12-13-18-33(27(36)23(19-24(30)34)32-28(37)38-29(5,6)7)25(26(35)31-20(3)4)22-16-14-21(9-2)15-17-22/h14-17,20,23,25H,8-13,18-19H2,1-7H3,(H2,30,34)(H,31,35)(H,32,37). The molecule has 214 valence electrons. The van der Waals surface area contributed by atoms with E-state index in [2.05, 4.69) is 17.6 Å². The zero-order chi connectivity index (χ0) is 28.9. The van der Waals surface area contributed by atoms with Gasteiger partial charge in [0.15, 0.2) is 0 Å². The number of carbonyl (C=O) groups is 4. The number of hydrogen-bond acceptors (Lipinski definition) is 5. The fourth-order valence-corrected chi connectivity index (χ4v) is 4.08. The number of rotatable bonds is 15. The third-order valence-electron chi connectivity index (χ3n) is 5.87. The van der Waals surface area contributed by atoms with Gasteiger partial charge in [-0.25, -0.2) is 4.79 Å². The normalized spacial score (nSPS) is 12.9. The van der Waals surface area contributed by atoms with Crippen molar-refractivity contribution in [3.8, 4) is 0 Å². The fourth-order valence-electron chi connectivity index (χ4n) is 4.08. The lowest BCUT2D eigenvalue weighted by Gasteiger charge is -2.35. The first-order valence-corrected chi connectivity index (χ1v) is 13.8. The summed E-state index contributed by atoms with van der Waals surface area (Å²) < 4.78 is 5.32. The summed E-state index contributed by atoms with van der Waals surface area (Å²) in [4.78, 5) is 53.5. The molecular formula is C29H48N4O5. The predicted molar refractivity (Wildman–Crippen MR) is 149 cm³/mol. The summed E-state index contributed by atoms with van der Waals surface area (Å²) in [6, 6.07) is 5.21. The molecule has 0 saturated heterocycles. The number of benzene rings is 1. The molecule has 0 aliphatic rings. The Kier molecular flexibility index (Phi) is 13.9. The van der Waals surface area contributed by atoms with Crippen LogP contribution in [0.15, 0.2) is 24.3 Å². The summed E-state index contributed by atoms with van der Waals surface area (Å²) in [6.45, 7) is 13.3. The quantitative estimate of drug-likeness (QED) is 0.289. The average Bonchev–Trinajstić information content (AvgIpc) is 2.80. The first-order chi connectivity index (χ1) is 17.8. The lowest BCUT2D eigenvalue weighted by atomic mass is 9.99. The van der Waals surface area contributed by atoms with E-state index in [4.69, 9.17) is 10.5 Å². The van der Waals surface area contributed by atoms with Gasteiger partial charge in [0.25, 0.3) is 0 Å². The molecule has 0 spiro atoms. The third kappa shape index (κ3) is 12.0. The number of carbonyl (C=O) groups excluding carboxylic acids is 4. The van der Waals surface area contributed by atoms with Gasteiger partial charge in [0.1, 0.15) is 17.7 Å². The molecular weight excluding hydrogens is 484 g/mol. The molecule has 0 aromatic heterocycles. The second-order valence-electron chi connectivity index (χ2n) is 11.0. The van der Waals surface area contributed by atoms with Crippen LogP contribution < -0.4 is 16.4 Å². The van der Waals surface area contributed by atoms with Gasteiger partial charge in [-0.1, -0.05) is 63.8 Å². The molecule has 2 unspecified atom stereocenters. The number of amides is 4. The van der Waals surface area contributed by atoms with Crippen molar-refractivity contribution in [2.75, 3.05) is 6.54 Å². The van der Waals surface area contributed by atoms with Crippen LogP contribution in [0.5, 0.6) is 0 Å². The number of aryl methyl sites for hydroxylation is 1. The molecule has 1 rings (SSSR count). The Morgan fingerprint density at radius 3 is 2.05 bits per heavy atom. The number of alkyl carbamates (subject to hydrolysis) is 1. The van der Waals surface area contributed by atoms with Gasteiger partial charge in [-0.3, -0.25) is 14.4 Å². The van der Waals surface area contributed by atoms with Gasteiger partial charge in [-0.15, -0.1) is 0 Å². The van der Waals surface area contributed by atoms with Crippen molar-refractivity contribution in [1.82, 2.24) is 15.5 Å². The monoisotopic (exact) mass is 532 g/mol. The Labute approximate surface area is 228 Å². The van der Waals surface area contributed by atoms with E-state index in [1.807, 2.05) is 45.0 Å². The van der Waals surface area contributed by atoms with Crippen LogP contribution in [0.4, 0.5) is 4.79 Å². The zero-order valence-corrected chi connectivity index (χ0v) is 24.3. The summed E-state index contributed by atoms with van der Waals surface area (Å²) in [5.74, 6) is -1.65. The first kappa shape index (κ1) is 32.9. The van der Waals surface area contributed by atoms with E-state index in [-0.39, 0.29) is 18.5 Å². The van der Waals surface area contributed by atoms with E-state index in [9.17, 15) is 19.2 Å². The molecule has 0 aliphatic carbocycles. The van der Waals surface area contributed by atoms with Crippen molar-refractivity contribution in [3.63, 3.8) is 0 Å². The third-order valence-corrected chi connectivity index (χ3v) is 5.87. The summed E-state index contributed by atoms with van der Waals surface area (Å²) in [5, 5.41) is 5.45. The molecule has 0 heterocycles. The van der Waals surface area contributed by atoms with Gasteiger partial charge in [0.05, 0.1) is 6.42 Å². The SMILES string of the molecule is CCCCCCCN(C(=O)C(CC(N)=O)NC(=O)OC(C)(C)C)C(C(=O)NC(C)C)c1ccc(CC)cc1. The Balaban J connectivity index is 3.47. The van der Waals surface area contributed by atoms with Gasteiger partial charge >= 0.3 is 6.09 Å². The first-order valence-electron chi connectivity index (χ1n) is 13.8. The highest BCUT2D eigenvalue weighted by molar-refractivity contribution is 5.94. The smallest absolute Gasteiger partial charge is 0.408 e. The molecule has 0 aliphatic heterocycles. The Morgan fingerprint density at radius 2 is 1.55 bits per heavy atom. The lowest BCUT2D eigenvalue weighted by molar-refractivity contribution is -0.143. The van der Waals surface area contributed by atoms with Crippen molar-refractivity contribution in [2.24, 2.45) is 5.73 Å². The fraction of sp³-hybridized carbons (Fsp3) is 0.655. The number of nitrogens with one attached hydrogen (secondary N) is 2. The minimum Gasteiger partial charge on any atom is -0.444 e. The number of ether oxygens (including phenoxy) is 1. The number of primary amides is 1. The van der Waals surface area contributed by atoms with Gasteiger partial charge in [-0.2, -0.15) is 0 Å². The van der Waals surface area contributed by atoms with Crippen LogP contribution in [-0.4, -0.2) is 52.9 Å². The van der Waals surface area contributed by atoms with E-state index < -0.39 is 42.0 Å². The van der Waals surface area contributed by atoms with Crippen LogP contribution in [0.3, 0.4) is 0 Å². The summed E-state index contributed by atoms with van der Waals surface area (Å²) >= 11 is 0. The van der Waals surface area contributed by atoms with Crippen molar-refractivity contribution in [2.45, 2.75) is 117 Å². The molecule has 0 radical (unpaired) electrons. The molecule has 2 atom stereocenters. The van der Waals surface area contributed by atoms with Gasteiger partial charge in [0, 0.05) is 12.6 Å². The van der Waals surface area contributed by atoms with Crippen LogP contribution in [0.2, 0.25) is 0 Å². The summed E-state index contributed by atoms with van der Waals surface area (Å²) in [7, 11) is 0. The van der Waals surface area contributed by atoms with Gasteiger partial charge in [-0.05, 0) is 58.6 Å². The maximum atomic E-state index is 14.0. The van der Waals surface area contributed by atoms with Crippen LogP contribution in [0.25, 0.3) is 0 Å². The predicted octanol–water partition coefficient (Wildman–Crippen LogP) is 4.38. The van der Waals surface area contributed by atoms with E-state index in [0.29, 0.717) is 12.0 Å². The van der Waals surface area contributed by atoms with Gasteiger partial charge < -0.3 is 26.0 Å². The Bertz CT molecular complexity index is 909. The van der Waals surface area contributed by atoms with Gasteiger partial charge in [0.2, 0.25) is 17.7 Å². The Hall–Kier alpha value is -3.10. The highest BCUT2D eigenvalue weighted by Gasteiger charge is 2.37. The van der Waals surface area contributed by atoms with E-state index in [1.165, 1.54) is 4.90 Å². The topological polar surface area (TPSA) is 131 Å².